The zero-order valence-electron chi connectivity index (χ0n) is 18.2. The summed E-state index contributed by atoms with van der Waals surface area (Å²) in [7, 11) is 3.08. The van der Waals surface area contributed by atoms with Gasteiger partial charge in [-0.3, -0.25) is 4.79 Å². The fourth-order valence-corrected chi connectivity index (χ4v) is 3.26. The Balaban J connectivity index is 1.81. The van der Waals surface area contributed by atoms with Crippen LogP contribution in [0, 0.1) is 18.2 Å². The molecule has 3 rings (SSSR count). The molecule has 0 bridgehead atoms. The normalized spacial score (nSPS) is 10.8. The van der Waals surface area contributed by atoms with E-state index in [-0.39, 0.29) is 17.4 Å². The maximum atomic E-state index is 13.1. The van der Waals surface area contributed by atoms with E-state index in [0.717, 1.165) is 22.4 Å². The quantitative estimate of drug-likeness (QED) is 0.483. The Morgan fingerprint density at radius 2 is 1.69 bits per heavy atom. The third-order valence-electron chi connectivity index (χ3n) is 5.01. The molecule has 0 fully saturated rings. The monoisotopic (exact) mass is 432 g/mol. The zero-order valence-corrected chi connectivity index (χ0v) is 18.2. The van der Waals surface area contributed by atoms with E-state index in [2.05, 4.69) is 5.32 Å². The highest BCUT2D eigenvalue weighted by Gasteiger charge is 2.19. The van der Waals surface area contributed by atoms with Gasteiger partial charge in [0.1, 0.15) is 17.3 Å². The third-order valence-corrected chi connectivity index (χ3v) is 5.01. The van der Waals surface area contributed by atoms with Gasteiger partial charge in [-0.15, -0.1) is 0 Å². The minimum atomic E-state index is -0.317. The lowest BCUT2D eigenvalue weighted by atomic mass is 9.97. The molecular formula is C26H25FN2O3. The number of carbonyl (C=O) groups excluding carboxylic acids is 1. The van der Waals surface area contributed by atoms with E-state index in [9.17, 15) is 9.18 Å². The number of benzene rings is 3. The van der Waals surface area contributed by atoms with E-state index >= 15 is 0 Å². The van der Waals surface area contributed by atoms with Crippen LogP contribution >= 0.6 is 0 Å². The van der Waals surface area contributed by atoms with Crippen molar-refractivity contribution < 1.29 is 18.7 Å². The summed E-state index contributed by atoms with van der Waals surface area (Å²) in [5.41, 5.74) is 3.57. The standard InChI is InChI=1S/C26H25FN2O3/c1-17-4-14-22(26(30)29-16-19-7-12-21(31-2)13-8-19)25(32-3)24(17)23(28)15-9-18-5-10-20(27)11-6-18/h4-15,28H,16H2,1-3H3,(H,29,30)/b15-9+,28-23?. The van der Waals surface area contributed by atoms with E-state index in [0.29, 0.717) is 23.4 Å². The topological polar surface area (TPSA) is 71.4 Å². The van der Waals surface area contributed by atoms with Crippen LogP contribution in [0.1, 0.15) is 32.6 Å². The van der Waals surface area contributed by atoms with Gasteiger partial charge in [-0.05, 0) is 60.0 Å². The second kappa shape index (κ2) is 10.4. The summed E-state index contributed by atoms with van der Waals surface area (Å²) in [4.78, 5) is 12.9. The van der Waals surface area contributed by atoms with Crippen molar-refractivity contribution in [1.29, 1.82) is 5.41 Å². The van der Waals surface area contributed by atoms with Crippen LogP contribution in [0.2, 0.25) is 0 Å². The van der Waals surface area contributed by atoms with Gasteiger partial charge in [-0.25, -0.2) is 4.39 Å². The molecule has 5 nitrogen and oxygen atoms in total. The average molecular weight is 432 g/mol. The van der Waals surface area contributed by atoms with Crippen molar-refractivity contribution in [2.24, 2.45) is 0 Å². The van der Waals surface area contributed by atoms with Crippen LogP contribution in [0.25, 0.3) is 6.08 Å². The first-order valence-corrected chi connectivity index (χ1v) is 10.0. The fraction of sp³-hybridized carbons (Fsp3) is 0.154. The van der Waals surface area contributed by atoms with Gasteiger partial charge in [-0.1, -0.05) is 36.4 Å². The third kappa shape index (κ3) is 5.40. The molecular weight excluding hydrogens is 407 g/mol. The fourth-order valence-electron chi connectivity index (χ4n) is 3.26. The van der Waals surface area contributed by atoms with E-state index < -0.39 is 0 Å². The number of rotatable bonds is 8. The molecule has 0 saturated carbocycles. The number of halogens is 1. The van der Waals surface area contributed by atoms with Crippen molar-refractivity contribution in [1.82, 2.24) is 5.32 Å². The Kier molecular flexibility index (Phi) is 7.39. The van der Waals surface area contributed by atoms with E-state index in [1.807, 2.05) is 31.2 Å². The number of nitrogens with one attached hydrogen (secondary N) is 2. The summed E-state index contributed by atoms with van der Waals surface area (Å²) in [5, 5.41) is 11.4. The van der Waals surface area contributed by atoms with Crippen molar-refractivity contribution in [2.75, 3.05) is 14.2 Å². The molecule has 1 amide bonds. The summed E-state index contributed by atoms with van der Waals surface area (Å²) in [6, 6.07) is 16.9. The Labute approximate surface area is 187 Å². The van der Waals surface area contributed by atoms with Crippen molar-refractivity contribution in [2.45, 2.75) is 13.5 Å². The van der Waals surface area contributed by atoms with E-state index in [4.69, 9.17) is 14.9 Å². The van der Waals surface area contributed by atoms with Gasteiger partial charge in [0, 0.05) is 12.1 Å². The molecule has 0 aliphatic heterocycles. The Bertz CT molecular complexity index is 1140. The number of methoxy groups -OCH3 is 2. The molecule has 0 spiro atoms. The van der Waals surface area contributed by atoms with Gasteiger partial charge in [0.2, 0.25) is 0 Å². The first-order valence-electron chi connectivity index (χ1n) is 10.0. The van der Waals surface area contributed by atoms with Crippen LogP contribution in [0.15, 0.2) is 66.7 Å². The van der Waals surface area contributed by atoms with Crippen molar-refractivity contribution in [3.05, 3.63) is 100 Å². The molecule has 3 aromatic rings. The Morgan fingerprint density at radius 3 is 2.31 bits per heavy atom. The lowest BCUT2D eigenvalue weighted by Crippen LogP contribution is -2.24. The molecule has 0 radical (unpaired) electrons. The molecule has 164 valence electrons. The number of allylic oxidation sites excluding steroid dienone is 1. The average Bonchev–Trinajstić information content (AvgIpc) is 2.81. The lowest BCUT2D eigenvalue weighted by Gasteiger charge is -2.16. The van der Waals surface area contributed by atoms with Crippen LogP contribution in [-0.4, -0.2) is 25.8 Å². The first-order chi connectivity index (χ1) is 15.4. The maximum Gasteiger partial charge on any atom is 0.255 e. The van der Waals surface area contributed by atoms with Crippen molar-refractivity contribution in [3.63, 3.8) is 0 Å². The molecule has 0 aliphatic carbocycles. The molecule has 0 aromatic heterocycles. The van der Waals surface area contributed by atoms with Gasteiger partial charge in [-0.2, -0.15) is 0 Å². The molecule has 3 aromatic carbocycles. The Morgan fingerprint density at radius 1 is 1.00 bits per heavy atom. The number of carbonyl (C=O) groups is 1. The lowest BCUT2D eigenvalue weighted by molar-refractivity contribution is 0.0948. The summed E-state index contributed by atoms with van der Waals surface area (Å²) in [5.74, 6) is 0.473. The van der Waals surface area contributed by atoms with Gasteiger partial charge in [0.05, 0.1) is 25.5 Å². The number of aryl methyl sites for hydroxylation is 1. The number of hydrogen-bond acceptors (Lipinski definition) is 4. The smallest absolute Gasteiger partial charge is 0.255 e. The van der Waals surface area contributed by atoms with Crippen molar-refractivity contribution in [3.8, 4) is 11.5 Å². The van der Waals surface area contributed by atoms with Gasteiger partial charge in [0.15, 0.2) is 0 Å². The minimum absolute atomic E-state index is 0.188. The van der Waals surface area contributed by atoms with E-state index in [1.165, 1.54) is 19.2 Å². The SMILES string of the molecule is COc1ccc(CNC(=O)c2ccc(C)c(C(=N)/C=C/c3ccc(F)cc3)c2OC)cc1. The summed E-state index contributed by atoms with van der Waals surface area (Å²) in [6.07, 6.45) is 3.33. The maximum absolute atomic E-state index is 13.1. The molecule has 0 saturated heterocycles. The van der Waals surface area contributed by atoms with Gasteiger partial charge >= 0.3 is 0 Å². The summed E-state index contributed by atoms with van der Waals surface area (Å²) < 4.78 is 23.8. The second-order valence-corrected chi connectivity index (χ2v) is 7.17. The van der Waals surface area contributed by atoms with Gasteiger partial charge in [0.25, 0.3) is 5.91 Å². The van der Waals surface area contributed by atoms with Crippen LogP contribution in [0.4, 0.5) is 4.39 Å². The molecule has 0 heterocycles. The number of hydrogen-bond donors (Lipinski definition) is 2. The summed E-state index contributed by atoms with van der Waals surface area (Å²) in [6.45, 7) is 2.20. The molecule has 32 heavy (non-hydrogen) atoms. The van der Waals surface area contributed by atoms with Crippen LogP contribution in [0.3, 0.4) is 0 Å². The highest BCUT2D eigenvalue weighted by molar-refractivity contribution is 6.13. The van der Waals surface area contributed by atoms with Crippen LogP contribution < -0.4 is 14.8 Å². The zero-order chi connectivity index (χ0) is 23.1. The number of ether oxygens (including phenoxy) is 2. The Hall–Kier alpha value is -3.93. The molecule has 0 aliphatic rings. The molecule has 0 atom stereocenters. The summed E-state index contributed by atoms with van der Waals surface area (Å²) >= 11 is 0. The largest absolute Gasteiger partial charge is 0.497 e. The van der Waals surface area contributed by atoms with Gasteiger partial charge < -0.3 is 20.2 Å². The van der Waals surface area contributed by atoms with Crippen LogP contribution in [-0.2, 0) is 6.54 Å². The highest BCUT2D eigenvalue weighted by atomic mass is 19.1. The second-order valence-electron chi connectivity index (χ2n) is 7.17. The number of amides is 1. The first kappa shape index (κ1) is 22.7. The minimum Gasteiger partial charge on any atom is -0.497 e. The molecule has 2 N–H and O–H groups in total. The van der Waals surface area contributed by atoms with E-state index in [1.54, 1.807) is 43.5 Å². The predicted octanol–water partition coefficient (Wildman–Crippen LogP) is 5.16. The highest BCUT2D eigenvalue weighted by Crippen LogP contribution is 2.28. The van der Waals surface area contributed by atoms with Crippen molar-refractivity contribution >= 4 is 17.7 Å². The predicted molar refractivity (Wildman–Crippen MR) is 124 cm³/mol. The molecule has 0 unspecified atom stereocenters. The molecule has 6 heteroatoms. The van der Waals surface area contributed by atoms with Crippen LogP contribution in [0.5, 0.6) is 11.5 Å².